The summed E-state index contributed by atoms with van der Waals surface area (Å²) in [4.78, 5) is 0. The van der Waals surface area contributed by atoms with Crippen molar-refractivity contribution in [3.05, 3.63) is 30.6 Å². The zero-order valence-electron chi connectivity index (χ0n) is 7.96. The molecule has 0 unspecified atom stereocenters. The van der Waals surface area contributed by atoms with E-state index in [2.05, 4.69) is 31.7 Å². The van der Waals surface area contributed by atoms with Crippen LogP contribution in [0.5, 0.6) is 0 Å². The lowest BCUT2D eigenvalue weighted by Crippen LogP contribution is -2.20. The Morgan fingerprint density at radius 3 is 2.83 bits per heavy atom. The van der Waals surface area contributed by atoms with E-state index in [-0.39, 0.29) is 5.41 Å². The first-order valence-corrected chi connectivity index (χ1v) is 4.09. The molecule has 0 saturated heterocycles. The van der Waals surface area contributed by atoms with Crippen LogP contribution < -0.4 is 0 Å². The predicted octanol–water partition coefficient (Wildman–Crippen LogP) is 2.07. The zero-order valence-corrected chi connectivity index (χ0v) is 7.96. The number of rotatable bonds is 3. The van der Waals surface area contributed by atoms with E-state index in [1.54, 1.807) is 0 Å². The van der Waals surface area contributed by atoms with Crippen LogP contribution in [0.15, 0.2) is 18.7 Å². The van der Waals surface area contributed by atoms with Gasteiger partial charge in [-0.15, -0.1) is 6.58 Å². The molecule has 12 heavy (non-hydrogen) atoms. The maximum Gasteiger partial charge on any atom is 0.113 e. The maximum absolute atomic E-state index is 4.02. The fourth-order valence-corrected chi connectivity index (χ4v) is 1.42. The van der Waals surface area contributed by atoms with Crippen LogP contribution in [0.25, 0.3) is 0 Å². The highest BCUT2D eigenvalue weighted by atomic mass is 15.3. The monoisotopic (exact) mass is 163 g/mol. The Labute approximate surface area is 73.9 Å². The van der Waals surface area contributed by atoms with E-state index >= 15 is 0 Å². The number of allylic oxidation sites excluding steroid dienone is 1. The Kier molecular flexibility index (Phi) is 2.36. The lowest BCUT2D eigenvalue weighted by molar-refractivity contribution is 0.482. The first-order chi connectivity index (χ1) is 5.58. The van der Waals surface area contributed by atoms with Gasteiger partial charge >= 0.3 is 0 Å². The molecule has 2 heteroatoms. The minimum atomic E-state index is 0.115. The molecule has 0 aliphatic rings. The third-order valence-electron chi connectivity index (χ3n) is 2.11. The van der Waals surface area contributed by atoms with Crippen LogP contribution in [0.2, 0.25) is 0 Å². The van der Waals surface area contributed by atoms with Crippen molar-refractivity contribution in [3.63, 3.8) is 0 Å². The number of aromatic nitrogens is 2. The molecule has 1 heterocycles. The molecule has 1 rings (SSSR count). The third-order valence-corrected chi connectivity index (χ3v) is 2.11. The summed E-state index contributed by atoms with van der Waals surface area (Å²) in [6.07, 6.45) is 5.74. The van der Waals surface area contributed by atoms with Gasteiger partial charge in [-0.2, -0.15) is 5.10 Å². The van der Waals surface area contributed by atoms with Gasteiger partial charge in [-0.1, -0.05) is 19.9 Å². The molecule has 1 aromatic heterocycles. The van der Waals surface area contributed by atoms with Crippen LogP contribution in [-0.2, 0) is 12.5 Å². The van der Waals surface area contributed by atoms with Crippen molar-refractivity contribution in [2.75, 3.05) is 0 Å². The number of hydrogen-bond acceptors (Lipinski definition) is 1. The molecule has 0 fully saturated rings. The molecule has 0 atom stereocenters. The largest absolute Gasteiger partial charge is 0.271 e. The van der Waals surface area contributed by atoms with Gasteiger partial charge in [-0.25, -0.2) is 0 Å². The summed E-state index contributed by atoms with van der Waals surface area (Å²) >= 11 is 0. The maximum atomic E-state index is 4.02. The molecular weight excluding hydrogens is 148 g/mol. The Balaban J connectivity index is 2.96. The normalized spacial score (nSPS) is 11.6. The molecular formula is C10H15N2. The van der Waals surface area contributed by atoms with E-state index < -0.39 is 0 Å². The van der Waals surface area contributed by atoms with E-state index in [1.165, 1.54) is 5.69 Å². The van der Waals surface area contributed by atoms with E-state index in [1.807, 2.05) is 23.9 Å². The summed E-state index contributed by atoms with van der Waals surface area (Å²) in [6, 6.07) is 1.93. The summed E-state index contributed by atoms with van der Waals surface area (Å²) in [6.45, 7) is 8.11. The quantitative estimate of drug-likeness (QED) is 0.624. The van der Waals surface area contributed by atoms with Gasteiger partial charge in [-0.05, 0) is 12.5 Å². The molecule has 2 nitrogen and oxygen atoms in total. The van der Waals surface area contributed by atoms with Crippen molar-refractivity contribution in [2.24, 2.45) is 7.05 Å². The molecule has 0 aliphatic heterocycles. The van der Waals surface area contributed by atoms with Gasteiger partial charge in [0.15, 0.2) is 0 Å². The van der Waals surface area contributed by atoms with Crippen molar-refractivity contribution < 1.29 is 0 Å². The molecule has 0 bridgehead atoms. The van der Waals surface area contributed by atoms with E-state index in [9.17, 15) is 0 Å². The van der Waals surface area contributed by atoms with E-state index in [0.29, 0.717) is 0 Å². The molecule has 65 valence electrons. The van der Waals surface area contributed by atoms with Crippen LogP contribution in [-0.4, -0.2) is 9.78 Å². The summed E-state index contributed by atoms with van der Waals surface area (Å²) in [5.74, 6) is 0. The van der Waals surface area contributed by atoms with Gasteiger partial charge in [-0.3, -0.25) is 4.68 Å². The molecule has 1 radical (unpaired) electrons. The van der Waals surface area contributed by atoms with Gasteiger partial charge in [0.2, 0.25) is 0 Å². The van der Waals surface area contributed by atoms with Gasteiger partial charge in [0.05, 0.1) is 0 Å². The Hall–Kier alpha value is -1.05. The summed E-state index contributed by atoms with van der Waals surface area (Å²) in [5, 5.41) is 4.02. The predicted molar refractivity (Wildman–Crippen MR) is 49.9 cm³/mol. The Bertz CT molecular complexity index is 271. The summed E-state index contributed by atoms with van der Waals surface area (Å²) in [5.41, 5.74) is 1.31. The SMILES string of the molecule is C=CCC(C)(C)c1c[c]nn1C. The van der Waals surface area contributed by atoms with Gasteiger partial charge in [0, 0.05) is 18.2 Å². The molecule has 0 aromatic carbocycles. The van der Waals surface area contributed by atoms with Crippen LogP contribution in [0.3, 0.4) is 0 Å². The fraction of sp³-hybridized carbons (Fsp3) is 0.500. The van der Waals surface area contributed by atoms with Crippen LogP contribution >= 0.6 is 0 Å². The van der Waals surface area contributed by atoms with Gasteiger partial charge in [0.25, 0.3) is 0 Å². The average molecular weight is 163 g/mol. The fourth-order valence-electron chi connectivity index (χ4n) is 1.42. The average Bonchev–Trinajstić information content (AvgIpc) is 2.35. The first kappa shape index (κ1) is 9.04. The number of aryl methyl sites for hydroxylation is 1. The molecule has 1 aromatic rings. The highest BCUT2D eigenvalue weighted by molar-refractivity contribution is 5.14. The van der Waals surface area contributed by atoms with E-state index in [0.717, 1.165) is 6.42 Å². The third kappa shape index (κ3) is 1.58. The molecule has 0 saturated carbocycles. The lowest BCUT2D eigenvalue weighted by atomic mass is 9.86. The number of nitrogens with zero attached hydrogens (tertiary/aromatic N) is 2. The summed E-state index contributed by atoms with van der Waals surface area (Å²) < 4.78 is 1.86. The summed E-state index contributed by atoms with van der Waals surface area (Å²) in [7, 11) is 1.94. The first-order valence-electron chi connectivity index (χ1n) is 4.09. The molecule has 0 amide bonds. The van der Waals surface area contributed by atoms with Crippen LogP contribution in [0.4, 0.5) is 0 Å². The van der Waals surface area contributed by atoms with Crippen molar-refractivity contribution in [1.29, 1.82) is 0 Å². The Morgan fingerprint density at radius 2 is 2.42 bits per heavy atom. The molecule has 0 N–H and O–H groups in total. The van der Waals surface area contributed by atoms with Crippen molar-refractivity contribution in [3.8, 4) is 0 Å². The zero-order chi connectivity index (χ0) is 9.19. The van der Waals surface area contributed by atoms with Crippen LogP contribution in [0.1, 0.15) is 26.0 Å². The molecule has 0 aliphatic carbocycles. The smallest absolute Gasteiger partial charge is 0.113 e. The van der Waals surface area contributed by atoms with Gasteiger partial charge < -0.3 is 0 Å². The minimum absolute atomic E-state index is 0.115. The second-order valence-corrected chi connectivity index (χ2v) is 3.66. The van der Waals surface area contributed by atoms with E-state index in [4.69, 9.17) is 0 Å². The van der Waals surface area contributed by atoms with Crippen molar-refractivity contribution in [1.82, 2.24) is 9.78 Å². The van der Waals surface area contributed by atoms with Gasteiger partial charge in [0.1, 0.15) is 6.20 Å². The Morgan fingerprint density at radius 1 is 1.75 bits per heavy atom. The highest BCUT2D eigenvalue weighted by Crippen LogP contribution is 2.25. The standard InChI is InChI=1S/C10H15N2/c1-5-7-10(2,3)9-6-8-11-12(9)4/h5-6H,1,7H2,2-4H3. The molecule has 0 spiro atoms. The number of hydrogen-bond donors (Lipinski definition) is 0. The topological polar surface area (TPSA) is 17.8 Å². The highest BCUT2D eigenvalue weighted by Gasteiger charge is 2.21. The second-order valence-electron chi connectivity index (χ2n) is 3.66. The lowest BCUT2D eigenvalue weighted by Gasteiger charge is -2.22. The minimum Gasteiger partial charge on any atom is -0.271 e. The van der Waals surface area contributed by atoms with Crippen molar-refractivity contribution in [2.45, 2.75) is 25.7 Å². The van der Waals surface area contributed by atoms with Crippen molar-refractivity contribution >= 4 is 0 Å². The van der Waals surface area contributed by atoms with Crippen LogP contribution in [0, 0.1) is 6.20 Å². The second kappa shape index (κ2) is 3.13.